The summed E-state index contributed by atoms with van der Waals surface area (Å²) < 4.78 is 0. The van der Waals surface area contributed by atoms with Gasteiger partial charge < -0.3 is 4.90 Å². The summed E-state index contributed by atoms with van der Waals surface area (Å²) in [5.41, 5.74) is 4.10. The summed E-state index contributed by atoms with van der Waals surface area (Å²) >= 11 is 0. The Kier molecular flexibility index (Phi) is 6.39. The number of amides is 1. The fourth-order valence-corrected chi connectivity index (χ4v) is 3.70. The molecule has 0 aromatic heterocycles. The average Bonchev–Trinajstić information content (AvgIpc) is 2.71. The predicted molar refractivity (Wildman–Crippen MR) is 102 cm³/mol. The van der Waals surface area contributed by atoms with Crippen molar-refractivity contribution in [2.75, 3.05) is 32.7 Å². The van der Waals surface area contributed by atoms with Crippen LogP contribution < -0.4 is 5.48 Å². The third-order valence-electron chi connectivity index (χ3n) is 5.15. The van der Waals surface area contributed by atoms with Crippen LogP contribution in [-0.2, 0) is 4.79 Å². The number of rotatable bonds is 6. The highest BCUT2D eigenvalue weighted by atomic mass is 16.5. The molecular formula is C21H27N3O2. The zero-order valence-corrected chi connectivity index (χ0v) is 15.2. The number of hydrogen-bond donors (Lipinski definition) is 2. The Hall–Kier alpha value is -2.21. The summed E-state index contributed by atoms with van der Waals surface area (Å²) in [7, 11) is 0. The molecule has 0 saturated carbocycles. The van der Waals surface area contributed by atoms with Crippen molar-refractivity contribution in [3.63, 3.8) is 0 Å². The van der Waals surface area contributed by atoms with E-state index < -0.39 is 6.04 Å². The molecule has 0 spiro atoms. The Morgan fingerprint density at radius 1 is 0.962 bits per heavy atom. The standard InChI is InChI=1S/C21H27N3O2/c1-17(18-8-4-2-5-9-18)16-23-12-14-24(15-13-23)20(21(25)22-26)19-10-6-3-7-11-19/h2-11,17,20,26H,12-16H2,1H3,(H,22,25). The molecule has 1 amide bonds. The van der Waals surface area contributed by atoms with E-state index in [-0.39, 0.29) is 5.91 Å². The minimum absolute atomic E-state index is 0.373. The highest BCUT2D eigenvalue weighted by molar-refractivity contribution is 5.82. The van der Waals surface area contributed by atoms with Gasteiger partial charge in [-0.05, 0) is 17.0 Å². The second-order valence-electron chi connectivity index (χ2n) is 6.94. The molecule has 2 N–H and O–H groups in total. The topological polar surface area (TPSA) is 55.8 Å². The van der Waals surface area contributed by atoms with Gasteiger partial charge in [0.15, 0.2) is 0 Å². The van der Waals surface area contributed by atoms with E-state index in [2.05, 4.69) is 41.0 Å². The summed E-state index contributed by atoms with van der Waals surface area (Å²) in [5, 5.41) is 9.16. The number of benzene rings is 2. The van der Waals surface area contributed by atoms with Gasteiger partial charge in [-0.1, -0.05) is 67.6 Å². The van der Waals surface area contributed by atoms with Crippen molar-refractivity contribution >= 4 is 5.91 Å². The number of piperazine rings is 1. The molecule has 1 saturated heterocycles. The van der Waals surface area contributed by atoms with E-state index in [4.69, 9.17) is 5.21 Å². The molecule has 1 fully saturated rings. The normalized spacial score (nSPS) is 18.2. The van der Waals surface area contributed by atoms with Crippen LogP contribution in [0, 0.1) is 0 Å². The number of nitrogens with zero attached hydrogens (tertiary/aromatic N) is 2. The molecule has 2 atom stereocenters. The summed E-state index contributed by atoms with van der Waals surface area (Å²) in [5.74, 6) is 0.107. The average molecular weight is 353 g/mol. The fourth-order valence-electron chi connectivity index (χ4n) is 3.70. The van der Waals surface area contributed by atoms with Gasteiger partial charge in [-0.2, -0.15) is 0 Å². The van der Waals surface area contributed by atoms with Gasteiger partial charge in [0, 0.05) is 32.7 Å². The van der Waals surface area contributed by atoms with Crippen LogP contribution in [-0.4, -0.2) is 53.6 Å². The van der Waals surface area contributed by atoms with Crippen molar-refractivity contribution < 1.29 is 10.0 Å². The van der Waals surface area contributed by atoms with Crippen LogP contribution in [0.25, 0.3) is 0 Å². The molecule has 0 radical (unpaired) electrons. The maximum absolute atomic E-state index is 12.2. The van der Waals surface area contributed by atoms with Crippen molar-refractivity contribution in [2.24, 2.45) is 0 Å². The zero-order valence-electron chi connectivity index (χ0n) is 15.2. The smallest absolute Gasteiger partial charge is 0.265 e. The SMILES string of the molecule is CC(CN1CCN(C(C(=O)NO)c2ccccc2)CC1)c1ccccc1. The van der Waals surface area contributed by atoms with Crippen LogP contribution >= 0.6 is 0 Å². The first-order chi connectivity index (χ1) is 12.7. The van der Waals surface area contributed by atoms with Gasteiger partial charge in [0.05, 0.1) is 0 Å². The summed E-state index contributed by atoms with van der Waals surface area (Å²) in [6.45, 7) is 6.70. The largest absolute Gasteiger partial charge is 0.300 e. The van der Waals surface area contributed by atoms with E-state index in [1.807, 2.05) is 41.9 Å². The monoisotopic (exact) mass is 353 g/mol. The molecule has 138 valence electrons. The van der Waals surface area contributed by atoms with E-state index in [1.165, 1.54) is 5.56 Å². The Morgan fingerprint density at radius 2 is 1.50 bits per heavy atom. The first-order valence-electron chi connectivity index (χ1n) is 9.19. The lowest BCUT2D eigenvalue weighted by Gasteiger charge is -2.39. The molecule has 2 aromatic carbocycles. The van der Waals surface area contributed by atoms with E-state index in [1.54, 1.807) is 0 Å². The highest BCUT2D eigenvalue weighted by Gasteiger charge is 2.30. The van der Waals surface area contributed by atoms with E-state index in [9.17, 15) is 4.79 Å². The number of hydroxylamine groups is 1. The number of carbonyl (C=O) groups is 1. The summed E-state index contributed by atoms with van der Waals surface area (Å²) in [4.78, 5) is 16.8. The first kappa shape index (κ1) is 18.6. The molecular weight excluding hydrogens is 326 g/mol. The molecule has 3 rings (SSSR count). The van der Waals surface area contributed by atoms with Crippen molar-refractivity contribution in [2.45, 2.75) is 18.9 Å². The third kappa shape index (κ3) is 4.49. The number of hydrogen-bond acceptors (Lipinski definition) is 4. The van der Waals surface area contributed by atoms with Crippen LogP contribution in [0.1, 0.15) is 30.0 Å². The van der Waals surface area contributed by atoms with Crippen molar-refractivity contribution in [3.8, 4) is 0 Å². The Bertz CT molecular complexity index is 685. The zero-order chi connectivity index (χ0) is 18.4. The fraction of sp³-hybridized carbons (Fsp3) is 0.381. The minimum atomic E-state index is -0.449. The van der Waals surface area contributed by atoms with Crippen molar-refractivity contribution in [3.05, 3.63) is 71.8 Å². The summed E-state index contributed by atoms with van der Waals surface area (Å²) in [6.07, 6.45) is 0. The van der Waals surface area contributed by atoms with E-state index in [0.29, 0.717) is 5.92 Å². The van der Waals surface area contributed by atoms with Crippen LogP contribution in [0.3, 0.4) is 0 Å². The molecule has 2 aromatic rings. The first-order valence-corrected chi connectivity index (χ1v) is 9.19. The van der Waals surface area contributed by atoms with Gasteiger partial charge in [0.1, 0.15) is 6.04 Å². The molecule has 1 heterocycles. The van der Waals surface area contributed by atoms with Gasteiger partial charge in [0.2, 0.25) is 0 Å². The van der Waals surface area contributed by atoms with Crippen molar-refractivity contribution in [1.82, 2.24) is 15.3 Å². The Morgan fingerprint density at radius 3 is 2.04 bits per heavy atom. The lowest BCUT2D eigenvalue weighted by atomic mass is 10.00. The van der Waals surface area contributed by atoms with Crippen LogP contribution in [0.15, 0.2) is 60.7 Å². The predicted octanol–water partition coefficient (Wildman–Crippen LogP) is 2.65. The third-order valence-corrected chi connectivity index (χ3v) is 5.15. The second-order valence-corrected chi connectivity index (χ2v) is 6.94. The van der Waals surface area contributed by atoms with Gasteiger partial charge in [-0.25, -0.2) is 5.48 Å². The van der Waals surface area contributed by atoms with Gasteiger partial charge in [0.25, 0.3) is 5.91 Å². The van der Waals surface area contributed by atoms with Gasteiger partial charge >= 0.3 is 0 Å². The van der Waals surface area contributed by atoms with E-state index in [0.717, 1.165) is 38.3 Å². The minimum Gasteiger partial charge on any atom is -0.300 e. The second kappa shape index (κ2) is 8.94. The van der Waals surface area contributed by atoms with Crippen LogP contribution in [0.4, 0.5) is 0 Å². The number of nitrogens with one attached hydrogen (secondary N) is 1. The lowest BCUT2D eigenvalue weighted by molar-refractivity contribution is -0.136. The molecule has 5 nitrogen and oxygen atoms in total. The van der Waals surface area contributed by atoms with E-state index >= 15 is 0 Å². The molecule has 0 bridgehead atoms. The molecule has 26 heavy (non-hydrogen) atoms. The molecule has 0 aliphatic carbocycles. The molecule has 2 unspecified atom stereocenters. The Labute approximate surface area is 155 Å². The summed E-state index contributed by atoms with van der Waals surface area (Å²) in [6, 6.07) is 19.8. The van der Waals surface area contributed by atoms with Crippen LogP contribution in [0.2, 0.25) is 0 Å². The van der Waals surface area contributed by atoms with Crippen molar-refractivity contribution in [1.29, 1.82) is 0 Å². The highest BCUT2D eigenvalue weighted by Crippen LogP contribution is 2.23. The molecule has 5 heteroatoms. The lowest BCUT2D eigenvalue weighted by Crippen LogP contribution is -2.51. The van der Waals surface area contributed by atoms with Gasteiger partial charge in [-0.3, -0.25) is 14.9 Å². The van der Waals surface area contributed by atoms with Gasteiger partial charge in [-0.15, -0.1) is 0 Å². The quantitative estimate of drug-likeness (QED) is 0.619. The maximum Gasteiger partial charge on any atom is 0.265 e. The number of carbonyl (C=O) groups excluding carboxylic acids is 1. The Balaban J connectivity index is 1.60. The maximum atomic E-state index is 12.2. The molecule has 1 aliphatic rings. The van der Waals surface area contributed by atoms with Crippen LogP contribution in [0.5, 0.6) is 0 Å². The molecule has 1 aliphatic heterocycles.